The Labute approximate surface area is 106 Å². The van der Waals surface area contributed by atoms with Crippen LogP contribution in [0.5, 0.6) is 0 Å². The van der Waals surface area contributed by atoms with Gasteiger partial charge in [0.15, 0.2) is 0 Å². The number of amides is 2. The van der Waals surface area contributed by atoms with Crippen LogP contribution in [-0.4, -0.2) is 29.0 Å². The summed E-state index contributed by atoms with van der Waals surface area (Å²) in [6.45, 7) is 0.546. The van der Waals surface area contributed by atoms with E-state index in [-0.39, 0.29) is 6.03 Å². The van der Waals surface area contributed by atoms with Crippen LogP contribution in [0.15, 0.2) is 30.3 Å². The molecule has 1 aliphatic carbocycles. The van der Waals surface area contributed by atoms with E-state index in [0.717, 1.165) is 24.1 Å². The summed E-state index contributed by atoms with van der Waals surface area (Å²) < 4.78 is 0. The van der Waals surface area contributed by atoms with Crippen molar-refractivity contribution in [2.24, 2.45) is 0 Å². The van der Waals surface area contributed by atoms with E-state index >= 15 is 0 Å². The number of rotatable bonds is 3. The molecule has 1 fully saturated rings. The van der Waals surface area contributed by atoms with Crippen molar-refractivity contribution >= 4 is 16.9 Å². The van der Waals surface area contributed by atoms with Gasteiger partial charge in [0.1, 0.15) is 0 Å². The molecule has 0 aliphatic heterocycles. The number of aromatic nitrogens is 1. The number of benzene rings is 1. The molecule has 18 heavy (non-hydrogen) atoms. The first-order valence-electron chi connectivity index (χ1n) is 6.31. The van der Waals surface area contributed by atoms with Gasteiger partial charge in [0.2, 0.25) is 0 Å². The maximum absolute atomic E-state index is 11.8. The quantitative estimate of drug-likeness (QED) is 0.854. The van der Waals surface area contributed by atoms with Gasteiger partial charge < -0.3 is 15.2 Å². The molecule has 0 unspecified atom stereocenters. The molecule has 0 radical (unpaired) electrons. The first-order chi connectivity index (χ1) is 8.74. The summed E-state index contributed by atoms with van der Waals surface area (Å²) in [7, 11) is 1.86. The Hall–Kier alpha value is -1.97. The molecule has 94 valence electrons. The number of urea groups is 1. The molecule has 4 nitrogen and oxygen atoms in total. The lowest BCUT2D eigenvalue weighted by atomic mass is 10.2. The Morgan fingerprint density at radius 1 is 1.44 bits per heavy atom. The van der Waals surface area contributed by atoms with Crippen LogP contribution in [0.2, 0.25) is 0 Å². The van der Waals surface area contributed by atoms with Gasteiger partial charge in [0, 0.05) is 24.3 Å². The van der Waals surface area contributed by atoms with Crippen molar-refractivity contribution < 1.29 is 4.79 Å². The van der Waals surface area contributed by atoms with E-state index in [1.807, 2.05) is 25.2 Å². The van der Waals surface area contributed by atoms with Crippen LogP contribution in [0.25, 0.3) is 10.9 Å². The van der Waals surface area contributed by atoms with Crippen LogP contribution in [0.3, 0.4) is 0 Å². The van der Waals surface area contributed by atoms with Gasteiger partial charge in [-0.05, 0) is 30.4 Å². The Balaban J connectivity index is 1.63. The average Bonchev–Trinajstić information content (AvgIpc) is 3.14. The second kappa shape index (κ2) is 4.37. The van der Waals surface area contributed by atoms with Crippen molar-refractivity contribution in [3.63, 3.8) is 0 Å². The summed E-state index contributed by atoms with van der Waals surface area (Å²) in [5.74, 6) is 0. The highest BCUT2D eigenvalue weighted by molar-refractivity contribution is 5.80. The van der Waals surface area contributed by atoms with Crippen LogP contribution >= 0.6 is 0 Å². The van der Waals surface area contributed by atoms with Crippen molar-refractivity contribution in [1.29, 1.82) is 0 Å². The molecule has 0 bridgehead atoms. The molecular weight excluding hydrogens is 226 g/mol. The summed E-state index contributed by atoms with van der Waals surface area (Å²) in [4.78, 5) is 16.9. The Kier molecular flexibility index (Phi) is 2.70. The summed E-state index contributed by atoms with van der Waals surface area (Å²) in [6, 6.07) is 10.7. The van der Waals surface area contributed by atoms with Gasteiger partial charge >= 0.3 is 6.03 Å². The first-order valence-corrected chi connectivity index (χ1v) is 6.31. The van der Waals surface area contributed by atoms with Gasteiger partial charge in [-0.15, -0.1) is 0 Å². The highest BCUT2D eigenvalue weighted by Gasteiger charge is 2.29. The molecule has 0 spiro atoms. The minimum atomic E-state index is 0.0103. The zero-order chi connectivity index (χ0) is 12.5. The van der Waals surface area contributed by atoms with Crippen LogP contribution in [-0.2, 0) is 6.54 Å². The lowest BCUT2D eigenvalue weighted by molar-refractivity contribution is 0.206. The number of aromatic amines is 1. The minimum absolute atomic E-state index is 0.0103. The molecule has 0 saturated heterocycles. The molecule has 2 amide bonds. The number of fused-ring (bicyclic) bond motifs is 1. The standard InChI is InChI=1S/C14H17N3O/c1-17(12-6-7-12)14(18)15-9-11-8-10-4-2-3-5-13(10)16-11/h2-5,8,12,16H,6-7,9H2,1H3,(H,15,18). The molecule has 0 atom stereocenters. The third-order valence-electron chi connectivity index (χ3n) is 3.43. The zero-order valence-electron chi connectivity index (χ0n) is 10.4. The van der Waals surface area contributed by atoms with E-state index in [4.69, 9.17) is 0 Å². The smallest absolute Gasteiger partial charge is 0.317 e. The second-order valence-corrected chi connectivity index (χ2v) is 4.88. The maximum atomic E-state index is 11.8. The van der Waals surface area contributed by atoms with E-state index in [0.29, 0.717) is 12.6 Å². The van der Waals surface area contributed by atoms with Crippen LogP contribution in [0, 0.1) is 0 Å². The van der Waals surface area contributed by atoms with E-state index in [2.05, 4.69) is 22.4 Å². The van der Waals surface area contributed by atoms with Crippen LogP contribution in [0.4, 0.5) is 4.79 Å². The van der Waals surface area contributed by atoms with Crippen molar-refractivity contribution in [1.82, 2.24) is 15.2 Å². The fourth-order valence-electron chi connectivity index (χ4n) is 2.15. The lowest BCUT2D eigenvalue weighted by Crippen LogP contribution is -2.38. The monoisotopic (exact) mass is 243 g/mol. The van der Waals surface area contributed by atoms with Crippen molar-refractivity contribution in [2.75, 3.05) is 7.05 Å². The van der Waals surface area contributed by atoms with Crippen molar-refractivity contribution in [3.05, 3.63) is 36.0 Å². The minimum Gasteiger partial charge on any atom is -0.357 e. The Morgan fingerprint density at radius 3 is 2.94 bits per heavy atom. The number of carbonyl (C=O) groups excluding carboxylic acids is 1. The molecule has 1 aliphatic rings. The van der Waals surface area contributed by atoms with Crippen LogP contribution < -0.4 is 5.32 Å². The number of hydrogen-bond donors (Lipinski definition) is 2. The first kappa shape index (κ1) is 11.1. The highest BCUT2D eigenvalue weighted by Crippen LogP contribution is 2.25. The molecule has 1 aromatic heterocycles. The van der Waals surface area contributed by atoms with Crippen molar-refractivity contribution in [2.45, 2.75) is 25.4 Å². The largest absolute Gasteiger partial charge is 0.357 e. The number of para-hydroxylation sites is 1. The molecular formula is C14H17N3O. The van der Waals surface area contributed by atoms with Gasteiger partial charge in [-0.1, -0.05) is 18.2 Å². The van der Waals surface area contributed by atoms with E-state index in [1.54, 1.807) is 4.90 Å². The lowest BCUT2D eigenvalue weighted by Gasteiger charge is -2.16. The van der Waals surface area contributed by atoms with E-state index in [1.165, 1.54) is 5.39 Å². The fourth-order valence-corrected chi connectivity index (χ4v) is 2.15. The summed E-state index contributed by atoms with van der Waals surface area (Å²) in [5.41, 5.74) is 2.14. The number of H-pyrrole nitrogens is 1. The fraction of sp³-hybridized carbons (Fsp3) is 0.357. The summed E-state index contributed by atoms with van der Waals surface area (Å²) >= 11 is 0. The SMILES string of the molecule is CN(C(=O)NCc1cc2ccccc2[nH]1)C1CC1. The molecule has 4 heteroatoms. The normalized spacial score (nSPS) is 14.7. The van der Waals surface area contributed by atoms with Crippen molar-refractivity contribution in [3.8, 4) is 0 Å². The zero-order valence-corrected chi connectivity index (χ0v) is 10.4. The Bertz CT molecular complexity index is 538. The maximum Gasteiger partial charge on any atom is 0.317 e. The second-order valence-electron chi connectivity index (χ2n) is 4.88. The molecule has 1 aromatic carbocycles. The molecule has 1 saturated carbocycles. The van der Waals surface area contributed by atoms with E-state index < -0.39 is 0 Å². The number of carbonyl (C=O) groups is 1. The third-order valence-corrected chi connectivity index (χ3v) is 3.43. The number of nitrogens with one attached hydrogen (secondary N) is 2. The van der Waals surface area contributed by atoms with Gasteiger partial charge in [0.25, 0.3) is 0 Å². The van der Waals surface area contributed by atoms with Gasteiger partial charge in [-0.25, -0.2) is 4.79 Å². The molecule has 2 N–H and O–H groups in total. The van der Waals surface area contributed by atoms with Gasteiger partial charge in [-0.2, -0.15) is 0 Å². The predicted octanol–water partition coefficient (Wildman–Crippen LogP) is 2.47. The number of hydrogen-bond acceptors (Lipinski definition) is 1. The van der Waals surface area contributed by atoms with Gasteiger partial charge in [-0.3, -0.25) is 0 Å². The summed E-state index contributed by atoms with van der Waals surface area (Å²) in [5, 5.41) is 4.11. The highest BCUT2D eigenvalue weighted by atomic mass is 16.2. The number of nitrogens with zero attached hydrogens (tertiary/aromatic N) is 1. The average molecular weight is 243 g/mol. The molecule has 2 aromatic rings. The summed E-state index contributed by atoms with van der Waals surface area (Å²) in [6.07, 6.45) is 2.27. The Morgan fingerprint density at radius 2 is 2.22 bits per heavy atom. The van der Waals surface area contributed by atoms with E-state index in [9.17, 15) is 4.79 Å². The molecule has 1 heterocycles. The third kappa shape index (κ3) is 2.18. The van der Waals surface area contributed by atoms with Gasteiger partial charge in [0.05, 0.1) is 6.54 Å². The van der Waals surface area contributed by atoms with Crippen LogP contribution in [0.1, 0.15) is 18.5 Å². The predicted molar refractivity (Wildman–Crippen MR) is 71.3 cm³/mol. The molecule has 3 rings (SSSR count). The topological polar surface area (TPSA) is 48.1 Å².